The van der Waals surface area contributed by atoms with Gasteiger partial charge in [0.2, 0.25) is 5.91 Å². The number of ether oxygens (including phenoxy) is 1. The van der Waals surface area contributed by atoms with Crippen LogP contribution < -0.4 is 10.5 Å². The molecule has 1 saturated carbocycles. The monoisotopic (exact) mass is 419 g/mol. The lowest BCUT2D eigenvalue weighted by atomic mass is 10.0. The molecule has 0 spiro atoms. The van der Waals surface area contributed by atoms with Gasteiger partial charge in [0.15, 0.2) is 17.5 Å². The molecular weight excluding hydrogens is 399 g/mol. The van der Waals surface area contributed by atoms with E-state index < -0.39 is 23.6 Å². The van der Waals surface area contributed by atoms with Gasteiger partial charge in [-0.3, -0.25) is 9.79 Å². The van der Waals surface area contributed by atoms with E-state index >= 15 is 0 Å². The van der Waals surface area contributed by atoms with Crippen molar-refractivity contribution in [3.63, 3.8) is 0 Å². The van der Waals surface area contributed by atoms with Crippen LogP contribution in [0.25, 0.3) is 0 Å². The Morgan fingerprint density at radius 2 is 1.83 bits per heavy atom. The van der Waals surface area contributed by atoms with Crippen molar-refractivity contribution in [2.24, 2.45) is 10.9 Å². The van der Waals surface area contributed by atoms with Crippen molar-refractivity contribution >= 4 is 17.8 Å². The first-order chi connectivity index (χ1) is 14.3. The van der Waals surface area contributed by atoms with E-state index in [2.05, 4.69) is 4.99 Å². The smallest absolute Gasteiger partial charge is 0.226 e. The van der Waals surface area contributed by atoms with Gasteiger partial charge in [-0.05, 0) is 30.0 Å². The molecule has 1 aliphatic carbocycles. The number of anilines is 1. The van der Waals surface area contributed by atoms with Crippen molar-refractivity contribution in [2.45, 2.75) is 18.4 Å². The number of carbonyl (C=O) groups excluding carboxylic acids is 1. The van der Waals surface area contributed by atoms with Crippen molar-refractivity contribution in [3.05, 3.63) is 52.8 Å². The van der Waals surface area contributed by atoms with Crippen LogP contribution in [0.3, 0.4) is 0 Å². The molecule has 4 rings (SSSR count). The second kappa shape index (κ2) is 7.64. The van der Waals surface area contributed by atoms with Crippen LogP contribution in [-0.2, 0) is 4.79 Å². The zero-order chi connectivity index (χ0) is 21.6. The minimum Gasteiger partial charge on any atom is -0.457 e. The summed E-state index contributed by atoms with van der Waals surface area (Å²) in [6, 6.07) is 4.67. The maximum atomic E-state index is 13.5. The molecule has 1 heterocycles. The summed E-state index contributed by atoms with van der Waals surface area (Å²) in [5.74, 6) is -4.69. The third kappa shape index (κ3) is 3.72. The fraction of sp³-hybridized carbons (Fsp3) is 0.333. The van der Waals surface area contributed by atoms with Crippen LogP contribution in [0.5, 0.6) is 11.5 Å². The van der Waals surface area contributed by atoms with Crippen LogP contribution in [0.1, 0.15) is 23.5 Å². The van der Waals surface area contributed by atoms with Crippen LogP contribution in [-0.4, -0.2) is 48.4 Å². The molecule has 0 radical (unpaired) electrons. The van der Waals surface area contributed by atoms with Gasteiger partial charge < -0.3 is 20.5 Å². The number of aliphatic hydroxyl groups is 1. The lowest BCUT2D eigenvalue weighted by Gasteiger charge is -2.36. The Balaban J connectivity index is 1.62. The minimum atomic E-state index is -1.57. The van der Waals surface area contributed by atoms with E-state index in [1.165, 1.54) is 6.21 Å². The number of aliphatic hydroxyl groups excluding tert-OH is 1. The van der Waals surface area contributed by atoms with E-state index in [0.29, 0.717) is 36.3 Å². The van der Waals surface area contributed by atoms with E-state index in [9.17, 15) is 23.1 Å². The van der Waals surface area contributed by atoms with Gasteiger partial charge in [-0.15, -0.1) is 0 Å². The van der Waals surface area contributed by atoms with Gasteiger partial charge >= 0.3 is 0 Å². The number of amides is 1. The number of nitrogens with zero attached hydrogens (tertiary/aromatic N) is 2. The van der Waals surface area contributed by atoms with E-state index in [1.807, 2.05) is 0 Å². The van der Waals surface area contributed by atoms with E-state index in [4.69, 9.17) is 10.5 Å². The average Bonchev–Trinajstić information content (AvgIpc) is 3.46. The molecule has 2 aromatic carbocycles. The number of benzene rings is 2. The second-order valence-corrected chi connectivity index (χ2v) is 7.55. The number of hydrogen-bond donors (Lipinski definition) is 2. The van der Waals surface area contributed by atoms with Crippen molar-refractivity contribution in [3.8, 4) is 11.5 Å². The number of carbonyl (C=O) groups is 1. The topological polar surface area (TPSA) is 88.1 Å². The zero-order valence-electron chi connectivity index (χ0n) is 16.1. The zero-order valence-corrected chi connectivity index (χ0v) is 16.1. The molecule has 9 heteroatoms. The van der Waals surface area contributed by atoms with Crippen molar-refractivity contribution in [1.82, 2.24) is 4.90 Å². The first-order valence-electron chi connectivity index (χ1n) is 9.43. The molecule has 0 bridgehead atoms. The molecule has 2 atom stereocenters. The van der Waals surface area contributed by atoms with Crippen LogP contribution in [0, 0.1) is 23.4 Å². The van der Waals surface area contributed by atoms with Gasteiger partial charge in [-0.25, -0.2) is 13.2 Å². The first-order valence-corrected chi connectivity index (χ1v) is 9.43. The molecular formula is C21H20F3N3O3. The van der Waals surface area contributed by atoms with Gasteiger partial charge in [0.1, 0.15) is 11.5 Å². The second-order valence-electron chi connectivity index (χ2n) is 7.55. The van der Waals surface area contributed by atoms with Crippen molar-refractivity contribution < 1.29 is 27.8 Å². The van der Waals surface area contributed by atoms with Crippen molar-refractivity contribution in [1.29, 1.82) is 0 Å². The Bertz CT molecular complexity index is 1010. The number of aliphatic imine (C=N–C) groups is 1. The standard InChI is InChI=1S/C21H20F3N3O3/c1-26-7-10-2-12(30-13-4-17(22)19(24)18(23)5-13)3-15(20(10)25)14-6-16(14)21(29)27-8-11(28)9-27/h2-5,7,11,14,16,28H,6,8-9,25H2,1H3/t14-,16+/m0/s1. The summed E-state index contributed by atoms with van der Waals surface area (Å²) < 4.78 is 45.8. The average molecular weight is 419 g/mol. The largest absolute Gasteiger partial charge is 0.457 e. The number of halogens is 3. The number of hydrogen-bond acceptors (Lipinski definition) is 5. The molecule has 30 heavy (non-hydrogen) atoms. The number of β-amino-alcohol motifs (C(OH)–C–C–N with tert-alkyl or cyclic N) is 1. The summed E-state index contributed by atoms with van der Waals surface area (Å²) in [4.78, 5) is 18.1. The van der Waals surface area contributed by atoms with E-state index in [1.54, 1.807) is 24.1 Å². The van der Waals surface area contributed by atoms with Gasteiger partial charge in [0.05, 0.1) is 6.10 Å². The quantitative estimate of drug-likeness (QED) is 0.443. The van der Waals surface area contributed by atoms with Gasteiger partial charge in [0, 0.05) is 55.7 Å². The molecule has 158 valence electrons. The highest BCUT2D eigenvalue weighted by molar-refractivity contribution is 5.90. The number of nitrogen functional groups attached to an aromatic ring is 1. The molecule has 2 fully saturated rings. The Kier molecular flexibility index (Phi) is 5.15. The molecule has 1 saturated heterocycles. The summed E-state index contributed by atoms with van der Waals surface area (Å²) >= 11 is 0. The predicted octanol–water partition coefficient (Wildman–Crippen LogP) is 2.83. The number of rotatable bonds is 5. The summed E-state index contributed by atoms with van der Waals surface area (Å²) in [6.07, 6.45) is 1.64. The highest BCUT2D eigenvalue weighted by atomic mass is 19.2. The lowest BCUT2D eigenvalue weighted by Crippen LogP contribution is -2.54. The molecule has 0 aromatic heterocycles. The fourth-order valence-electron chi connectivity index (χ4n) is 3.69. The fourth-order valence-corrected chi connectivity index (χ4v) is 3.69. The molecule has 6 nitrogen and oxygen atoms in total. The van der Waals surface area contributed by atoms with E-state index in [-0.39, 0.29) is 29.2 Å². The van der Waals surface area contributed by atoms with Crippen LogP contribution in [0.2, 0.25) is 0 Å². The van der Waals surface area contributed by atoms with Gasteiger partial charge in [0.25, 0.3) is 0 Å². The third-order valence-corrected chi connectivity index (χ3v) is 5.36. The summed E-state index contributed by atoms with van der Waals surface area (Å²) in [6.45, 7) is 0.659. The Morgan fingerprint density at radius 3 is 2.43 bits per heavy atom. The minimum absolute atomic E-state index is 0.0376. The molecule has 2 aromatic rings. The van der Waals surface area contributed by atoms with Crippen molar-refractivity contribution in [2.75, 3.05) is 25.9 Å². The molecule has 3 N–H and O–H groups in total. The summed E-state index contributed by atoms with van der Waals surface area (Å²) in [5.41, 5.74) is 7.91. The Hall–Kier alpha value is -3.07. The maximum absolute atomic E-state index is 13.5. The van der Waals surface area contributed by atoms with Crippen LogP contribution in [0.4, 0.5) is 18.9 Å². The molecule has 2 aliphatic rings. The summed E-state index contributed by atoms with van der Waals surface area (Å²) in [7, 11) is 1.57. The Morgan fingerprint density at radius 1 is 1.20 bits per heavy atom. The maximum Gasteiger partial charge on any atom is 0.226 e. The summed E-state index contributed by atoms with van der Waals surface area (Å²) in [5, 5.41) is 9.40. The number of likely N-dealkylation sites (tertiary alicyclic amines) is 1. The number of nitrogens with two attached hydrogens (primary N) is 1. The SMILES string of the molecule is CN=Cc1cc(Oc2cc(F)c(F)c(F)c2)cc([C@@H]2C[C@H]2C(=O)N2CC(O)C2)c1N. The molecule has 1 amide bonds. The molecule has 1 aliphatic heterocycles. The lowest BCUT2D eigenvalue weighted by molar-refractivity contribution is -0.142. The third-order valence-electron chi connectivity index (χ3n) is 5.36. The Labute approximate surface area is 170 Å². The normalized spacial score (nSPS) is 21.0. The first kappa shape index (κ1) is 20.2. The predicted molar refractivity (Wildman–Crippen MR) is 104 cm³/mol. The van der Waals surface area contributed by atoms with Gasteiger partial charge in [-0.1, -0.05) is 0 Å². The molecule has 0 unspecified atom stereocenters. The highest BCUT2D eigenvalue weighted by Gasteiger charge is 2.48. The van der Waals surface area contributed by atoms with Crippen LogP contribution >= 0.6 is 0 Å². The van der Waals surface area contributed by atoms with E-state index in [0.717, 1.165) is 12.1 Å². The highest BCUT2D eigenvalue weighted by Crippen LogP contribution is 2.52. The van der Waals surface area contributed by atoms with Gasteiger partial charge in [-0.2, -0.15) is 0 Å². The van der Waals surface area contributed by atoms with Crippen LogP contribution in [0.15, 0.2) is 29.3 Å².